The van der Waals surface area contributed by atoms with Gasteiger partial charge in [0.15, 0.2) is 11.5 Å². The number of aromatic hydroxyl groups is 1. The van der Waals surface area contributed by atoms with E-state index in [0.717, 1.165) is 6.07 Å². The summed E-state index contributed by atoms with van der Waals surface area (Å²) in [7, 11) is 1.31. The number of carbonyl (C=O) groups excluding carboxylic acids is 1. The predicted molar refractivity (Wildman–Crippen MR) is 79.1 cm³/mol. The monoisotopic (exact) mass is 345 g/mol. The number of methoxy groups -OCH3 is 1. The van der Waals surface area contributed by atoms with Gasteiger partial charge in [0.2, 0.25) is 0 Å². The molecule has 0 fully saturated rings. The fourth-order valence-electron chi connectivity index (χ4n) is 1.93. The Balaban J connectivity index is 2.39. The maximum absolute atomic E-state index is 13.0. The van der Waals surface area contributed by atoms with Crippen molar-refractivity contribution in [2.24, 2.45) is 0 Å². The van der Waals surface area contributed by atoms with Crippen molar-refractivity contribution in [2.75, 3.05) is 12.4 Å². The van der Waals surface area contributed by atoms with Crippen LogP contribution in [-0.4, -0.2) is 18.1 Å². The highest BCUT2D eigenvalue weighted by Gasteiger charge is 2.35. The Kier molecular flexibility index (Phi) is 4.70. The minimum atomic E-state index is -4.74. The van der Waals surface area contributed by atoms with E-state index >= 15 is 0 Å². The molecule has 4 nitrogen and oxygen atoms in total. The molecule has 0 aliphatic carbocycles. The number of carbonyl (C=O) groups is 1. The second-order valence-corrected chi connectivity index (χ2v) is 4.93. The highest BCUT2D eigenvalue weighted by molar-refractivity contribution is 6.30. The Bertz CT molecular complexity index is 747. The first kappa shape index (κ1) is 17.0. The van der Waals surface area contributed by atoms with Crippen LogP contribution in [0.15, 0.2) is 36.4 Å². The van der Waals surface area contributed by atoms with E-state index in [1.165, 1.54) is 31.4 Å². The van der Waals surface area contributed by atoms with E-state index in [1.807, 2.05) is 0 Å². The van der Waals surface area contributed by atoms with Crippen LogP contribution in [0.1, 0.15) is 15.9 Å². The number of hydrogen-bond donors (Lipinski definition) is 2. The van der Waals surface area contributed by atoms with Crippen LogP contribution in [0.4, 0.5) is 18.9 Å². The Labute approximate surface area is 134 Å². The van der Waals surface area contributed by atoms with E-state index in [-0.39, 0.29) is 22.2 Å². The standard InChI is InChI=1S/C15H11ClF3NO3/c1-23-12-4-2-3-11(13(12)21)20-14(22)9-6-5-8(16)7-10(9)15(17,18)19/h2-7,21H,1H3,(H,20,22). The minimum Gasteiger partial charge on any atom is -0.503 e. The molecule has 122 valence electrons. The number of alkyl halides is 3. The van der Waals surface area contributed by atoms with Crippen molar-refractivity contribution in [1.82, 2.24) is 0 Å². The maximum atomic E-state index is 13.0. The molecule has 0 aromatic heterocycles. The summed E-state index contributed by atoms with van der Waals surface area (Å²) in [5.74, 6) is -1.33. The maximum Gasteiger partial charge on any atom is 0.417 e. The molecule has 0 aliphatic heterocycles. The molecular formula is C15H11ClF3NO3. The average Bonchev–Trinajstić information content (AvgIpc) is 2.48. The highest BCUT2D eigenvalue weighted by Crippen LogP contribution is 2.36. The summed E-state index contributed by atoms with van der Waals surface area (Å²) in [4.78, 5) is 12.1. The lowest BCUT2D eigenvalue weighted by Crippen LogP contribution is -2.18. The number of hydrogen-bond acceptors (Lipinski definition) is 3. The van der Waals surface area contributed by atoms with Crippen LogP contribution >= 0.6 is 11.6 Å². The van der Waals surface area contributed by atoms with Crippen LogP contribution in [0.25, 0.3) is 0 Å². The van der Waals surface area contributed by atoms with Gasteiger partial charge in [-0.05, 0) is 30.3 Å². The van der Waals surface area contributed by atoms with E-state index in [9.17, 15) is 23.1 Å². The molecule has 1 amide bonds. The lowest BCUT2D eigenvalue weighted by atomic mass is 10.1. The van der Waals surface area contributed by atoms with E-state index in [1.54, 1.807) is 0 Å². The molecule has 0 spiro atoms. The fourth-order valence-corrected chi connectivity index (χ4v) is 2.10. The topological polar surface area (TPSA) is 58.6 Å². The number of rotatable bonds is 3. The van der Waals surface area contributed by atoms with E-state index in [2.05, 4.69) is 5.32 Å². The first-order chi connectivity index (χ1) is 10.7. The lowest BCUT2D eigenvalue weighted by molar-refractivity contribution is -0.137. The molecule has 2 rings (SSSR count). The summed E-state index contributed by atoms with van der Waals surface area (Å²) in [6.07, 6.45) is -4.74. The van der Waals surface area contributed by atoms with Gasteiger partial charge < -0.3 is 15.2 Å². The molecule has 8 heteroatoms. The number of ether oxygens (including phenoxy) is 1. The van der Waals surface area contributed by atoms with Crippen molar-refractivity contribution in [3.8, 4) is 11.5 Å². The number of phenols is 1. The first-order valence-corrected chi connectivity index (χ1v) is 6.66. The number of phenolic OH excluding ortho intramolecular Hbond substituents is 1. The summed E-state index contributed by atoms with van der Waals surface area (Å²) >= 11 is 5.56. The SMILES string of the molecule is COc1cccc(NC(=O)c2ccc(Cl)cc2C(F)(F)F)c1O. The smallest absolute Gasteiger partial charge is 0.417 e. The summed E-state index contributed by atoms with van der Waals surface area (Å²) in [5.41, 5.74) is -1.84. The molecule has 2 aromatic carbocycles. The molecule has 0 atom stereocenters. The van der Waals surface area contributed by atoms with Crippen LogP contribution in [0.5, 0.6) is 11.5 Å². The molecule has 0 heterocycles. The molecular weight excluding hydrogens is 335 g/mol. The van der Waals surface area contributed by atoms with Gasteiger partial charge in [0.1, 0.15) is 0 Å². The lowest BCUT2D eigenvalue weighted by Gasteiger charge is -2.14. The molecule has 0 aliphatic rings. The van der Waals surface area contributed by atoms with Crippen LogP contribution in [0.3, 0.4) is 0 Å². The predicted octanol–water partition coefficient (Wildman–Crippen LogP) is 4.33. The van der Waals surface area contributed by atoms with Crippen LogP contribution in [0, 0.1) is 0 Å². The Hall–Kier alpha value is -2.41. The summed E-state index contributed by atoms with van der Waals surface area (Å²) in [6, 6.07) is 7.06. The van der Waals surface area contributed by atoms with Gasteiger partial charge in [0, 0.05) is 5.02 Å². The average molecular weight is 346 g/mol. The Morgan fingerprint density at radius 3 is 2.57 bits per heavy atom. The molecule has 0 radical (unpaired) electrons. The quantitative estimate of drug-likeness (QED) is 0.814. The fraction of sp³-hybridized carbons (Fsp3) is 0.133. The third-order valence-electron chi connectivity index (χ3n) is 3.00. The minimum absolute atomic E-state index is 0.0718. The molecule has 0 unspecified atom stereocenters. The van der Waals surface area contributed by atoms with Crippen molar-refractivity contribution >= 4 is 23.2 Å². The molecule has 0 bridgehead atoms. The summed E-state index contributed by atoms with van der Waals surface area (Å²) in [5, 5.41) is 12.0. The van der Waals surface area contributed by atoms with Crippen molar-refractivity contribution in [3.63, 3.8) is 0 Å². The highest BCUT2D eigenvalue weighted by atomic mass is 35.5. The molecule has 0 saturated carbocycles. The molecule has 2 N–H and O–H groups in total. The van der Waals surface area contributed by atoms with E-state index in [4.69, 9.17) is 16.3 Å². The van der Waals surface area contributed by atoms with Crippen molar-refractivity contribution < 1.29 is 27.8 Å². The van der Waals surface area contributed by atoms with Gasteiger partial charge in [0.25, 0.3) is 5.91 Å². The number of anilines is 1. The van der Waals surface area contributed by atoms with E-state index in [0.29, 0.717) is 6.07 Å². The van der Waals surface area contributed by atoms with Gasteiger partial charge in [-0.25, -0.2) is 0 Å². The van der Waals surface area contributed by atoms with Gasteiger partial charge in [-0.15, -0.1) is 0 Å². The molecule has 23 heavy (non-hydrogen) atoms. The third-order valence-corrected chi connectivity index (χ3v) is 3.23. The van der Waals surface area contributed by atoms with Gasteiger partial charge in [-0.2, -0.15) is 13.2 Å². The first-order valence-electron chi connectivity index (χ1n) is 6.28. The third kappa shape index (κ3) is 3.68. The Morgan fingerprint density at radius 2 is 1.96 bits per heavy atom. The van der Waals surface area contributed by atoms with Crippen LogP contribution in [-0.2, 0) is 6.18 Å². The zero-order valence-corrected chi connectivity index (χ0v) is 12.5. The van der Waals surface area contributed by atoms with Crippen molar-refractivity contribution in [3.05, 3.63) is 52.5 Å². The largest absolute Gasteiger partial charge is 0.503 e. The second-order valence-electron chi connectivity index (χ2n) is 4.50. The van der Waals surface area contributed by atoms with Gasteiger partial charge in [-0.3, -0.25) is 4.79 Å². The number of halogens is 4. The van der Waals surface area contributed by atoms with E-state index < -0.39 is 23.2 Å². The molecule has 2 aromatic rings. The van der Waals surface area contributed by atoms with Crippen molar-refractivity contribution in [1.29, 1.82) is 0 Å². The van der Waals surface area contributed by atoms with Gasteiger partial charge >= 0.3 is 6.18 Å². The number of amides is 1. The molecule has 0 saturated heterocycles. The van der Waals surface area contributed by atoms with Crippen LogP contribution < -0.4 is 10.1 Å². The zero-order valence-electron chi connectivity index (χ0n) is 11.7. The summed E-state index contributed by atoms with van der Waals surface area (Å²) in [6.45, 7) is 0. The zero-order chi connectivity index (χ0) is 17.2. The number of para-hydroxylation sites is 1. The Morgan fingerprint density at radius 1 is 1.26 bits per heavy atom. The van der Waals surface area contributed by atoms with Crippen LogP contribution in [0.2, 0.25) is 5.02 Å². The number of nitrogens with one attached hydrogen (secondary N) is 1. The van der Waals surface area contributed by atoms with Crippen molar-refractivity contribution in [2.45, 2.75) is 6.18 Å². The second kappa shape index (κ2) is 6.37. The normalized spacial score (nSPS) is 11.2. The van der Waals surface area contributed by atoms with Gasteiger partial charge in [0.05, 0.1) is 23.9 Å². The number of benzene rings is 2. The summed E-state index contributed by atoms with van der Waals surface area (Å²) < 4.78 is 43.9. The van der Waals surface area contributed by atoms with Gasteiger partial charge in [-0.1, -0.05) is 17.7 Å².